The number of nitrogens with one attached hydrogen (secondary N) is 1. The molecule has 1 aromatic rings. The Hall–Kier alpha value is -0.970. The number of methoxy groups -OCH3 is 1. The lowest BCUT2D eigenvalue weighted by molar-refractivity contribution is 0.0581. The fourth-order valence-electron chi connectivity index (χ4n) is 1.64. The van der Waals surface area contributed by atoms with E-state index in [0.29, 0.717) is 26.1 Å². The van der Waals surface area contributed by atoms with Crippen LogP contribution in [0.3, 0.4) is 0 Å². The van der Waals surface area contributed by atoms with Gasteiger partial charge < -0.3 is 15.2 Å². The van der Waals surface area contributed by atoms with E-state index in [9.17, 15) is 9.50 Å². The molecule has 4 heteroatoms. The maximum Gasteiger partial charge on any atom is 0.123 e. The predicted octanol–water partition coefficient (Wildman–Crippen LogP) is 1.36. The van der Waals surface area contributed by atoms with Crippen molar-refractivity contribution in [1.29, 1.82) is 0 Å². The number of halogens is 1. The van der Waals surface area contributed by atoms with Crippen LogP contribution in [0.15, 0.2) is 24.3 Å². The van der Waals surface area contributed by atoms with Crippen LogP contribution in [0.1, 0.15) is 12.5 Å². The number of benzene rings is 1. The molecule has 0 saturated heterocycles. The van der Waals surface area contributed by atoms with Crippen LogP contribution in [0.5, 0.6) is 0 Å². The molecule has 0 aromatic heterocycles. The normalized spacial score (nSPS) is 14.6. The van der Waals surface area contributed by atoms with Crippen LogP contribution in [-0.2, 0) is 11.2 Å². The van der Waals surface area contributed by atoms with Gasteiger partial charge in [0, 0.05) is 26.6 Å². The molecule has 0 saturated carbocycles. The summed E-state index contributed by atoms with van der Waals surface area (Å²) >= 11 is 0. The van der Waals surface area contributed by atoms with Crippen LogP contribution < -0.4 is 5.32 Å². The summed E-state index contributed by atoms with van der Waals surface area (Å²) in [4.78, 5) is 0. The quantitative estimate of drug-likeness (QED) is 0.708. The van der Waals surface area contributed by atoms with Crippen molar-refractivity contribution < 1.29 is 14.2 Å². The first-order valence-electron chi connectivity index (χ1n) is 5.70. The highest BCUT2D eigenvalue weighted by Gasteiger charge is 2.20. The zero-order valence-corrected chi connectivity index (χ0v) is 10.4. The molecular formula is C13H20FNO2. The molecule has 0 aliphatic carbocycles. The highest BCUT2D eigenvalue weighted by atomic mass is 19.1. The Balaban J connectivity index is 2.40. The van der Waals surface area contributed by atoms with Gasteiger partial charge in [-0.2, -0.15) is 0 Å². The van der Waals surface area contributed by atoms with Gasteiger partial charge in [-0.05, 0) is 24.6 Å². The Kier molecular flexibility index (Phi) is 5.55. The molecule has 1 unspecified atom stereocenters. The molecule has 0 fully saturated rings. The largest absolute Gasteiger partial charge is 0.389 e. The molecule has 0 amide bonds. The fourth-order valence-corrected chi connectivity index (χ4v) is 1.64. The first kappa shape index (κ1) is 14.1. The Labute approximate surface area is 102 Å². The van der Waals surface area contributed by atoms with E-state index in [4.69, 9.17) is 4.74 Å². The molecule has 0 bridgehead atoms. The summed E-state index contributed by atoms with van der Waals surface area (Å²) in [5.74, 6) is -0.258. The van der Waals surface area contributed by atoms with Crippen molar-refractivity contribution in [3.8, 4) is 0 Å². The number of aliphatic hydroxyl groups is 1. The van der Waals surface area contributed by atoms with Gasteiger partial charge in [-0.3, -0.25) is 0 Å². The van der Waals surface area contributed by atoms with E-state index in [2.05, 4.69) is 5.32 Å². The average molecular weight is 241 g/mol. The molecule has 0 aliphatic heterocycles. The minimum Gasteiger partial charge on any atom is -0.389 e. The molecule has 17 heavy (non-hydrogen) atoms. The summed E-state index contributed by atoms with van der Waals surface area (Å²) in [6, 6.07) is 6.20. The lowest BCUT2D eigenvalue weighted by atomic mass is 9.96. The third kappa shape index (κ3) is 5.77. The second-order valence-corrected chi connectivity index (χ2v) is 4.47. The minimum atomic E-state index is -0.842. The Bertz CT molecular complexity index is 325. The zero-order valence-electron chi connectivity index (χ0n) is 10.4. The molecule has 96 valence electrons. The van der Waals surface area contributed by atoms with Crippen LogP contribution in [0.4, 0.5) is 4.39 Å². The number of hydrogen-bond acceptors (Lipinski definition) is 3. The second-order valence-electron chi connectivity index (χ2n) is 4.47. The van der Waals surface area contributed by atoms with Crippen LogP contribution in [-0.4, -0.2) is 37.5 Å². The SMILES string of the molecule is COCCNCC(C)(O)Cc1ccc(F)cc1. The second kappa shape index (κ2) is 6.69. The predicted molar refractivity (Wildman–Crippen MR) is 65.5 cm³/mol. The van der Waals surface area contributed by atoms with Crippen molar-refractivity contribution in [1.82, 2.24) is 5.32 Å². The Morgan fingerprint density at radius 3 is 2.59 bits per heavy atom. The number of rotatable bonds is 7. The molecule has 0 radical (unpaired) electrons. The van der Waals surface area contributed by atoms with Gasteiger partial charge in [0.15, 0.2) is 0 Å². The van der Waals surface area contributed by atoms with E-state index >= 15 is 0 Å². The lowest BCUT2D eigenvalue weighted by Gasteiger charge is -2.23. The van der Waals surface area contributed by atoms with Gasteiger partial charge in [-0.15, -0.1) is 0 Å². The monoisotopic (exact) mass is 241 g/mol. The Morgan fingerprint density at radius 1 is 1.35 bits per heavy atom. The zero-order chi connectivity index (χ0) is 12.7. The van der Waals surface area contributed by atoms with Gasteiger partial charge in [-0.1, -0.05) is 12.1 Å². The highest BCUT2D eigenvalue weighted by Crippen LogP contribution is 2.12. The van der Waals surface area contributed by atoms with Gasteiger partial charge in [-0.25, -0.2) is 4.39 Å². The smallest absolute Gasteiger partial charge is 0.123 e. The minimum absolute atomic E-state index is 0.258. The van der Waals surface area contributed by atoms with Crippen molar-refractivity contribution in [2.45, 2.75) is 18.9 Å². The molecule has 1 atom stereocenters. The van der Waals surface area contributed by atoms with Crippen molar-refractivity contribution in [3.05, 3.63) is 35.6 Å². The van der Waals surface area contributed by atoms with Gasteiger partial charge >= 0.3 is 0 Å². The summed E-state index contributed by atoms with van der Waals surface area (Å²) in [6.07, 6.45) is 0.493. The van der Waals surface area contributed by atoms with E-state index < -0.39 is 5.60 Å². The van der Waals surface area contributed by atoms with E-state index in [1.54, 1.807) is 26.2 Å². The third-order valence-corrected chi connectivity index (χ3v) is 2.49. The van der Waals surface area contributed by atoms with Crippen molar-refractivity contribution in [2.24, 2.45) is 0 Å². The van der Waals surface area contributed by atoms with Gasteiger partial charge in [0.25, 0.3) is 0 Å². The van der Waals surface area contributed by atoms with Gasteiger partial charge in [0.2, 0.25) is 0 Å². The van der Waals surface area contributed by atoms with Crippen LogP contribution in [0.25, 0.3) is 0 Å². The van der Waals surface area contributed by atoms with Crippen LogP contribution in [0.2, 0.25) is 0 Å². The van der Waals surface area contributed by atoms with E-state index in [-0.39, 0.29) is 5.82 Å². The summed E-state index contributed by atoms with van der Waals surface area (Å²) in [7, 11) is 1.64. The maximum absolute atomic E-state index is 12.7. The van der Waals surface area contributed by atoms with Crippen molar-refractivity contribution in [2.75, 3.05) is 26.8 Å². The van der Waals surface area contributed by atoms with E-state index in [1.165, 1.54) is 12.1 Å². The fraction of sp³-hybridized carbons (Fsp3) is 0.538. The van der Waals surface area contributed by atoms with Crippen LogP contribution in [0, 0.1) is 5.82 Å². The molecular weight excluding hydrogens is 221 g/mol. The molecule has 3 nitrogen and oxygen atoms in total. The summed E-state index contributed by atoms with van der Waals surface area (Å²) in [5.41, 5.74) is 0.0795. The average Bonchev–Trinajstić information content (AvgIpc) is 2.27. The third-order valence-electron chi connectivity index (χ3n) is 2.49. The molecule has 2 N–H and O–H groups in total. The molecule has 0 spiro atoms. The van der Waals surface area contributed by atoms with E-state index in [1.807, 2.05) is 0 Å². The number of ether oxygens (including phenoxy) is 1. The van der Waals surface area contributed by atoms with Crippen LogP contribution >= 0.6 is 0 Å². The molecule has 1 rings (SSSR count). The topological polar surface area (TPSA) is 41.5 Å². The molecule has 0 aliphatic rings. The summed E-state index contributed by atoms with van der Waals surface area (Å²) in [5, 5.41) is 13.2. The van der Waals surface area contributed by atoms with Crippen molar-refractivity contribution >= 4 is 0 Å². The first-order chi connectivity index (χ1) is 8.03. The summed E-state index contributed by atoms with van der Waals surface area (Å²) in [6.45, 7) is 3.56. The van der Waals surface area contributed by atoms with Crippen molar-refractivity contribution in [3.63, 3.8) is 0 Å². The molecule has 1 aromatic carbocycles. The Morgan fingerprint density at radius 2 is 2.00 bits per heavy atom. The lowest BCUT2D eigenvalue weighted by Crippen LogP contribution is -2.40. The first-order valence-corrected chi connectivity index (χ1v) is 5.70. The standard InChI is InChI=1S/C13H20FNO2/c1-13(16,10-15-7-8-17-2)9-11-3-5-12(14)6-4-11/h3-6,15-16H,7-10H2,1-2H3. The van der Waals surface area contributed by atoms with E-state index in [0.717, 1.165) is 5.56 Å². The number of hydrogen-bond donors (Lipinski definition) is 2. The summed E-state index contributed by atoms with van der Waals surface area (Å²) < 4.78 is 17.6. The maximum atomic E-state index is 12.7. The van der Waals surface area contributed by atoms with Gasteiger partial charge in [0.05, 0.1) is 12.2 Å². The highest BCUT2D eigenvalue weighted by molar-refractivity contribution is 5.18. The molecule has 0 heterocycles. The van der Waals surface area contributed by atoms with Gasteiger partial charge in [0.1, 0.15) is 5.82 Å².